The Hall–Kier alpha value is -2.12. The first-order valence-corrected chi connectivity index (χ1v) is 11.9. The summed E-state index contributed by atoms with van der Waals surface area (Å²) < 4.78 is 20.0. The Bertz CT molecular complexity index is 1020. The molecule has 0 N–H and O–H groups in total. The summed E-state index contributed by atoms with van der Waals surface area (Å²) in [5, 5.41) is 4.33. The Morgan fingerprint density at radius 1 is 1.31 bits per heavy atom. The van der Waals surface area contributed by atoms with Gasteiger partial charge in [-0.3, -0.25) is 4.68 Å². The molecule has 1 aromatic carbocycles. The molecule has 5 atom stereocenters. The summed E-state index contributed by atoms with van der Waals surface area (Å²) in [5.74, 6) is 1.17. The van der Waals surface area contributed by atoms with Gasteiger partial charge in [-0.1, -0.05) is 37.6 Å². The number of aromatic nitrogens is 2. The van der Waals surface area contributed by atoms with Crippen LogP contribution in [-0.4, -0.2) is 36.1 Å². The van der Waals surface area contributed by atoms with E-state index in [9.17, 15) is 4.79 Å². The molecule has 1 aromatic heterocycles. The van der Waals surface area contributed by atoms with Crippen LogP contribution in [0, 0.1) is 23.2 Å². The van der Waals surface area contributed by atoms with Gasteiger partial charge in [-0.05, 0) is 59.3 Å². The molecule has 0 saturated carbocycles. The summed E-state index contributed by atoms with van der Waals surface area (Å²) in [6.07, 6.45) is 4.10. The van der Waals surface area contributed by atoms with Gasteiger partial charge in [0.1, 0.15) is 12.4 Å². The van der Waals surface area contributed by atoms with Gasteiger partial charge in [0, 0.05) is 24.1 Å². The molecule has 172 valence electrons. The SMILES string of the molecule is CCn1cc(Br)c(C(=O)OC[C@@]23CO[C@H](c4ccc(OC)cc4)[C@@H](C(C)=C[C@@H]2C)[C@H]3C)n1. The molecule has 0 radical (unpaired) electrons. The van der Waals surface area contributed by atoms with Crippen LogP contribution in [0.2, 0.25) is 0 Å². The van der Waals surface area contributed by atoms with Crippen LogP contribution in [0.15, 0.2) is 46.6 Å². The van der Waals surface area contributed by atoms with Gasteiger partial charge in [-0.15, -0.1) is 0 Å². The van der Waals surface area contributed by atoms with E-state index in [0.29, 0.717) is 29.9 Å². The highest BCUT2D eigenvalue weighted by atomic mass is 79.9. The summed E-state index contributed by atoms with van der Waals surface area (Å²) in [6.45, 7) is 10.2. The minimum atomic E-state index is -0.405. The fraction of sp³-hybridized carbons (Fsp3) is 0.520. The molecule has 32 heavy (non-hydrogen) atoms. The quantitative estimate of drug-likeness (QED) is 0.388. The summed E-state index contributed by atoms with van der Waals surface area (Å²) >= 11 is 3.42. The number of halogens is 1. The van der Waals surface area contributed by atoms with Gasteiger partial charge in [-0.25, -0.2) is 4.79 Å². The lowest BCUT2D eigenvalue weighted by Crippen LogP contribution is -2.54. The van der Waals surface area contributed by atoms with Crippen molar-refractivity contribution in [3.8, 4) is 5.75 Å². The smallest absolute Gasteiger partial charge is 0.360 e. The highest BCUT2D eigenvalue weighted by Gasteiger charge is 2.54. The van der Waals surface area contributed by atoms with E-state index in [2.05, 4.69) is 60.0 Å². The standard InChI is InChI=1S/C25H31BrN2O4/c1-6-28-12-20(26)22(27-28)24(29)32-14-25-13-31-23(18-7-9-19(30-5)10-8-18)21(17(25)4)15(2)11-16(25)3/h7-12,16-17,21,23H,6,13-14H2,1-5H3/t16-,17+,21-,23+,25-/m0/s1. The molecular weight excluding hydrogens is 472 g/mol. The van der Waals surface area contributed by atoms with Crippen molar-refractivity contribution in [2.45, 2.75) is 40.3 Å². The minimum absolute atomic E-state index is 0.0297. The molecule has 2 heterocycles. The van der Waals surface area contributed by atoms with Gasteiger partial charge in [0.2, 0.25) is 0 Å². The minimum Gasteiger partial charge on any atom is -0.497 e. The number of carbonyl (C=O) groups excluding carboxylic acids is 1. The number of hydrogen-bond acceptors (Lipinski definition) is 5. The lowest BCUT2D eigenvalue weighted by atomic mass is 9.56. The Labute approximate surface area is 198 Å². The van der Waals surface area contributed by atoms with Crippen molar-refractivity contribution in [2.75, 3.05) is 20.3 Å². The lowest BCUT2D eigenvalue weighted by molar-refractivity contribution is -0.166. The number of ether oxygens (including phenoxy) is 3. The molecule has 6 nitrogen and oxygen atoms in total. The number of allylic oxidation sites excluding steroid dienone is 1. The molecule has 1 saturated heterocycles. The number of hydrogen-bond donors (Lipinski definition) is 0. The van der Waals surface area contributed by atoms with E-state index in [0.717, 1.165) is 11.3 Å². The molecule has 2 aromatic rings. The molecular formula is C25H31BrN2O4. The molecule has 0 amide bonds. The molecule has 1 fully saturated rings. The average molecular weight is 503 g/mol. The van der Waals surface area contributed by atoms with Crippen LogP contribution in [0.1, 0.15) is 49.9 Å². The van der Waals surface area contributed by atoms with Crippen LogP contribution in [0.5, 0.6) is 5.75 Å². The second kappa shape index (κ2) is 9.02. The van der Waals surface area contributed by atoms with Crippen LogP contribution < -0.4 is 4.74 Å². The maximum atomic E-state index is 12.8. The zero-order chi connectivity index (χ0) is 23.0. The number of carbonyl (C=O) groups is 1. The zero-order valence-corrected chi connectivity index (χ0v) is 20.9. The number of nitrogens with zero attached hydrogens (tertiary/aromatic N) is 2. The number of esters is 1. The number of rotatable bonds is 6. The maximum absolute atomic E-state index is 12.8. The second-order valence-electron chi connectivity index (χ2n) is 9.01. The molecule has 0 unspecified atom stereocenters. The Morgan fingerprint density at radius 2 is 2.03 bits per heavy atom. The summed E-state index contributed by atoms with van der Waals surface area (Å²) in [6, 6.07) is 8.11. The normalized spacial score (nSPS) is 29.4. The fourth-order valence-electron chi connectivity index (χ4n) is 5.32. The third kappa shape index (κ3) is 3.90. The molecule has 4 rings (SSSR count). The average Bonchev–Trinajstić information content (AvgIpc) is 3.17. The Morgan fingerprint density at radius 3 is 2.66 bits per heavy atom. The number of benzene rings is 1. The van der Waals surface area contributed by atoms with Crippen LogP contribution in [0.4, 0.5) is 0 Å². The highest BCUT2D eigenvalue weighted by molar-refractivity contribution is 9.10. The van der Waals surface area contributed by atoms with Crippen molar-refractivity contribution < 1.29 is 19.0 Å². The maximum Gasteiger partial charge on any atom is 0.360 e. The third-order valence-electron chi connectivity index (χ3n) is 7.40. The monoisotopic (exact) mass is 502 g/mol. The van der Waals surface area contributed by atoms with E-state index in [1.165, 1.54) is 5.57 Å². The number of fused-ring (bicyclic) bond motifs is 2. The summed E-state index contributed by atoms with van der Waals surface area (Å²) in [7, 11) is 1.67. The molecule has 2 bridgehead atoms. The third-order valence-corrected chi connectivity index (χ3v) is 7.98. The first-order chi connectivity index (χ1) is 15.3. The topological polar surface area (TPSA) is 62.6 Å². The van der Waals surface area contributed by atoms with E-state index in [4.69, 9.17) is 14.2 Å². The molecule has 0 spiro atoms. The predicted molar refractivity (Wildman–Crippen MR) is 126 cm³/mol. The van der Waals surface area contributed by atoms with E-state index >= 15 is 0 Å². The number of aryl methyl sites for hydroxylation is 1. The van der Waals surface area contributed by atoms with Gasteiger partial charge in [0.15, 0.2) is 5.69 Å². The van der Waals surface area contributed by atoms with E-state index in [-0.39, 0.29) is 29.3 Å². The van der Waals surface area contributed by atoms with E-state index < -0.39 is 5.97 Å². The Kier molecular flexibility index (Phi) is 6.50. The van der Waals surface area contributed by atoms with Crippen molar-refractivity contribution in [3.63, 3.8) is 0 Å². The van der Waals surface area contributed by atoms with E-state index in [1.54, 1.807) is 18.0 Å². The first kappa shape index (κ1) is 23.1. The van der Waals surface area contributed by atoms with Gasteiger partial charge in [-0.2, -0.15) is 5.10 Å². The van der Waals surface area contributed by atoms with Crippen molar-refractivity contribution in [3.05, 3.63) is 57.8 Å². The van der Waals surface area contributed by atoms with Crippen molar-refractivity contribution >= 4 is 21.9 Å². The van der Waals surface area contributed by atoms with Gasteiger partial charge in [0.25, 0.3) is 0 Å². The van der Waals surface area contributed by atoms with Gasteiger partial charge >= 0.3 is 5.97 Å². The van der Waals surface area contributed by atoms with Crippen LogP contribution in [-0.2, 0) is 16.0 Å². The summed E-state index contributed by atoms with van der Waals surface area (Å²) in [5.41, 5.74) is 2.51. The first-order valence-electron chi connectivity index (χ1n) is 11.1. The molecule has 2 aliphatic rings. The van der Waals surface area contributed by atoms with Crippen molar-refractivity contribution in [1.29, 1.82) is 0 Å². The molecule has 1 aliphatic heterocycles. The summed E-state index contributed by atoms with van der Waals surface area (Å²) in [4.78, 5) is 12.8. The number of methoxy groups -OCH3 is 1. The Balaban J connectivity index is 1.56. The van der Waals surface area contributed by atoms with Crippen LogP contribution in [0.25, 0.3) is 0 Å². The molecule has 7 heteroatoms. The van der Waals surface area contributed by atoms with Crippen LogP contribution in [0.3, 0.4) is 0 Å². The predicted octanol–water partition coefficient (Wildman–Crippen LogP) is 5.44. The van der Waals surface area contributed by atoms with Crippen LogP contribution >= 0.6 is 15.9 Å². The second-order valence-corrected chi connectivity index (χ2v) is 9.86. The van der Waals surface area contributed by atoms with E-state index in [1.807, 2.05) is 19.1 Å². The zero-order valence-electron chi connectivity index (χ0n) is 19.3. The highest BCUT2D eigenvalue weighted by Crippen LogP contribution is 2.56. The molecule has 1 aliphatic carbocycles. The largest absolute Gasteiger partial charge is 0.497 e. The fourth-order valence-corrected chi connectivity index (χ4v) is 5.80. The van der Waals surface area contributed by atoms with Gasteiger partial charge in [0.05, 0.1) is 24.3 Å². The lowest BCUT2D eigenvalue weighted by Gasteiger charge is -2.55. The van der Waals surface area contributed by atoms with Crippen molar-refractivity contribution in [1.82, 2.24) is 9.78 Å². The van der Waals surface area contributed by atoms with Gasteiger partial charge < -0.3 is 14.2 Å². The van der Waals surface area contributed by atoms with Crippen molar-refractivity contribution in [2.24, 2.45) is 23.2 Å².